The van der Waals surface area contributed by atoms with Gasteiger partial charge in [0, 0.05) is 52.3 Å². The van der Waals surface area contributed by atoms with E-state index in [-0.39, 0.29) is 23.8 Å². The van der Waals surface area contributed by atoms with Gasteiger partial charge in [-0.25, -0.2) is 4.79 Å². The Balaban J connectivity index is 1.85. The second-order valence-corrected chi connectivity index (χ2v) is 9.42. The fourth-order valence-electron chi connectivity index (χ4n) is 3.63. The third-order valence-electron chi connectivity index (χ3n) is 5.44. The van der Waals surface area contributed by atoms with E-state index in [0.717, 1.165) is 18.4 Å². The first-order valence-electron chi connectivity index (χ1n) is 11.1. The molecule has 0 saturated carbocycles. The molecule has 0 spiro atoms. The molecule has 0 radical (unpaired) electrons. The number of carbonyl (C=O) groups is 3. The molecule has 31 heavy (non-hydrogen) atoms. The number of nitrogens with zero attached hydrogens (tertiary/aromatic N) is 3. The Labute approximate surface area is 186 Å². The lowest BCUT2D eigenvalue weighted by Crippen LogP contribution is -2.42. The molecule has 1 heterocycles. The standard InChI is InChI=1S/C24H37N3O4/c1-7-26(17-19-8-10-20(11-9-19)22(29)25(5)6)21(28)16-18-12-14-27(15-13-18)23(30)31-24(2,3)4/h8-11,18H,7,12-17H2,1-6H3. The molecule has 172 valence electrons. The summed E-state index contributed by atoms with van der Waals surface area (Å²) in [5.41, 5.74) is 1.15. The van der Waals surface area contributed by atoms with E-state index in [1.165, 1.54) is 0 Å². The molecule has 1 saturated heterocycles. The molecule has 0 aliphatic carbocycles. The highest BCUT2D eigenvalue weighted by atomic mass is 16.6. The van der Waals surface area contributed by atoms with Crippen LogP contribution in [0.4, 0.5) is 4.79 Å². The molecule has 3 amide bonds. The molecule has 0 bridgehead atoms. The van der Waals surface area contributed by atoms with Crippen molar-refractivity contribution >= 4 is 17.9 Å². The Hall–Kier alpha value is -2.57. The summed E-state index contributed by atoms with van der Waals surface area (Å²) in [6.45, 7) is 9.99. The Morgan fingerprint density at radius 2 is 1.65 bits per heavy atom. The number of rotatable bonds is 6. The lowest BCUT2D eigenvalue weighted by atomic mass is 9.93. The number of piperidine rings is 1. The van der Waals surface area contributed by atoms with E-state index in [1.807, 2.05) is 56.9 Å². The van der Waals surface area contributed by atoms with Crippen LogP contribution in [0.5, 0.6) is 0 Å². The molecule has 7 nitrogen and oxygen atoms in total. The summed E-state index contributed by atoms with van der Waals surface area (Å²) >= 11 is 0. The molecule has 7 heteroatoms. The van der Waals surface area contributed by atoms with Gasteiger partial charge in [0.2, 0.25) is 5.91 Å². The third-order valence-corrected chi connectivity index (χ3v) is 5.44. The van der Waals surface area contributed by atoms with Crippen LogP contribution in [0, 0.1) is 5.92 Å². The largest absolute Gasteiger partial charge is 0.444 e. The van der Waals surface area contributed by atoms with E-state index in [0.29, 0.717) is 38.2 Å². The molecular weight excluding hydrogens is 394 g/mol. The zero-order valence-electron chi connectivity index (χ0n) is 19.8. The summed E-state index contributed by atoms with van der Waals surface area (Å²) < 4.78 is 5.44. The fourth-order valence-corrected chi connectivity index (χ4v) is 3.63. The average molecular weight is 432 g/mol. The smallest absolute Gasteiger partial charge is 0.410 e. The Bertz CT molecular complexity index is 760. The van der Waals surface area contributed by atoms with Gasteiger partial charge in [-0.2, -0.15) is 0 Å². The molecule has 1 fully saturated rings. The van der Waals surface area contributed by atoms with E-state index in [4.69, 9.17) is 4.74 Å². The maximum Gasteiger partial charge on any atom is 0.410 e. The molecule has 1 aromatic rings. The van der Waals surface area contributed by atoms with Gasteiger partial charge in [-0.05, 0) is 64.2 Å². The second-order valence-electron chi connectivity index (χ2n) is 9.42. The number of hydrogen-bond donors (Lipinski definition) is 0. The van der Waals surface area contributed by atoms with Crippen LogP contribution in [0.1, 0.15) is 62.9 Å². The predicted molar refractivity (Wildman–Crippen MR) is 121 cm³/mol. The van der Waals surface area contributed by atoms with Crippen LogP contribution in [0.25, 0.3) is 0 Å². The van der Waals surface area contributed by atoms with Crippen molar-refractivity contribution in [1.82, 2.24) is 14.7 Å². The molecule has 0 atom stereocenters. The molecule has 0 N–H and O–H groups in total. The monoisotopic (exact) mass is 431 g/mol. The third kappa shape index (κ3) is 7.56. The Morgan fingerprint density at radius 3 is 2.13 bits per heavy atom. The van der Waals surface area contributed by atoms with Crippen molar-refractivity contribution in [3.05, 3.63) is 35.4 Å². The van der Waals surface area contributed by atoms with Gasteiger partial charge in [0.15, 0.2) is 0 Å². The van der Waals surface area contributed by atoms with Crippen molar-refractivity contribution in [3.63, 3.8) is 0 Å². The molecule has 0 unspecified atom stereocenters. The first-order chi connectivity index (χ1) is 14.5. The van der Waals surface area contributed by atoms with Crippen LogP contribution in [0.15, 0.2) is 24.3 Å². The number of carbonyl (C=O) groups excluding carboxylic acids is 3. The molecule has 1 aliphatic heterocycles. The molecular formula is C24H37N3O4. The predicted octanol–water partition coefficient (Wildman–Crippen LogP) is 3.77. The minimum atomic E-state index is -0.497. The number of hydrogen-bond acceptors (Lipinski definition) is 4. The van der Waals surface area contributed by atoms with E-state index < -0.39 is 5.60 Å². The van der Waals surface area contributed by atoms with Crippen LogP contribution in [0.3, 0.4) is 0 Å². The van der Waals surface area contributed by atoms with Gasteiger partial charge in [0.1, 0.15) is 5.60 Å². The number of benzene rings is 1. The molecule has 1 aromatic carbocycles. The average Bonchev–Trinajstić information content (AvgIpc) is 2.71. The quantitative estimate of drug-likeness (QED) is 0.687. The van der Waals surface area contributed by atoms with E-state index in [9.17, 15) is 14.4 Å². The number of likely N-dealkylation sites (tertiary alicyclic amines) is 1. The van der Waals surface area contributed by atoms with Crippen LogP contribution in [-0.4, -0.2) is 71.9 Å². The first-order valence-corrected chi connectivity index (χ1v) is 11.1. The zero-order chi connectivity index (χ0) is 23.2. The highest BCUT2D eigenvalue weighted by molar-refractivity contribution is 5.93. The van der Waals surface area contributed by atoms with Crippen molar-refractivity contribution in [1.29, 1.82) is 0 Å². The van der Waals surface area contributed by atoms with Gasteiger partial charge in [0.25, 0.3) is 5.91 Å². The van der Waals surface area contributed by atoms with Crippen molar-refractivity contribution in [2.24, 2.45) is 5.92 Å². The summed E-state index contributed by atoms with van der Waals surface area (Å²) in [5.74, 6) is 0.375. The lowest BCUT2D eigenvalue weighted by Gasteiger charge is -2.34. The summed E-state index contributed by atoms with van der Waals surface area (Å²) in [5, 5.41) is 0. The normalized spacial score (nSPS) is 14.8. The fraction of sp³-hybridized carbons (Fsp3) is 0.625. The van der Waals surface area contributed by atoms with Crippen LogP contribution in [0.2, 0.25) is 0 Å². The van der Waals surface area contributed by atoms with Gasteiger partial charge < -0.3 is 19.4 Å². The van der Waals surface area contributed by atoms with Gasteiger partial charge in [-0.3, -0.25) is 9.59 Å². The minimum absolute atomic E-state index is 0.0345. The lowest BCUT2D eigenvalue weighted by molar-refractivity contribution is -0.133. The Kier molecular flexibility index (Phi) is 8.48. The summed E-state index contributed by atoms with van der Waals surface area (Å²) in [6, 6.07) is 7.43. The van der Waals surface area contributed by atoms with Crippen LogP contribution < -0.4 is 0 Å². The van der Waals surface area contributed by atoms with Crippen molar-refractivity contribution < 1.29 is 19.1 Å². The first kappa shape index (κ1) is 24.7. The van der Waals surface area contributed by atoms with Crippen molar-refractivity contribution in [2.75, 3.05) is 33.7 Å². The maximum absolute atomic E-state index is 12.9. The van der Waals surface area contributed by atoms with Crippen LogP contribution in [-0.2, 0) is 16.1 Å². The minimum Gasteiger partial charge on any atom is -0.444 e. The molecule has 0 aromatic heterocycles. The molecule has 1 aliphatic rings. The van der Waals surface area contributed by atoms with Gasteiger partial charge in [-0.15, -0.1) is 0 Å². The second kappa shape index (κ2) is 10.6. The van der Waals surface area contributed by atoms with Crippen molar-refractivity contribution in [3.8, 4) is 0 Å². The van der Waals surface area contributed by atoms with E-state index in [1.54, 1.807) is 23.9 Å². The van der Waals surface area contributed by atoms with E-state index >= 15 is 0 Å². The van der Waals surface area contributed by atoms with Gasteiger partial charge in [0.05, 0.1) is 0 Å². The summed E-state index contributed by atoms with van der Waals surface area (Å²) in [6.07, 6.45) is 1.84. The van der Waals surface area contributed by atoms with Crippen molar-refractivity contribution in [2.45, 2.75) is 59.1 Å². The Morgan fingerprint density at radius 1 is 1.06 bits per heavy atom. The number of amides is 3. The van der Waals surface area contributed by atoms with Crippen LogP contribution >= 0.6 is 0 Å². The molecule has 2 rings (SSSR count). The summed E-state index contributed by atoms with van der Waals surface area (Å²) in [4.78, 5) is 42.2. The number of ether oxygens (including phenoxy) is 1. The van der Waals surface area contributed by atoms with E-state index in [2.05, 4.69) is 0 Å². The zero-order valence-corrected chi connectivity index (χ0v) is 19.8. The topological polar surface area (TPSA) is 70.2 Å². The highest BCUT2D eigenvalue weighted by Crippen LogP contribution is 2.23. The maximum atomic E-state index is 12.9. The SMILES string of the molecule is CCN(Cc1ccc(C(=O)N(C)C)cc1)C(=O)CC1CCN(C(=O)OC(C)(C)C)CC1. The summed E-state index contributed by atoms with van der Waals surface area (Å²) in [7, 11) is 3.46. The highest BCUT2D eigenvalue weighted by Gasteiger charge is 2.28. The van der Waals surface area contributed by atoms with Gasteiger partial charge in [-0.1, -0.05) is 12.1 Å². The van der Waals surface area contributed by atoms with Gasteiger partial charge >= 0.3 is 6.09 Å².